The van der Waals surface area contributed by atoms with Crippen LogP contribution in [0.15, 0.2) is 41.4 Å². The molecule has 1 aromatic heterocycles. The van der Waals surface area contributed by atoms with E-state index >= 15 is 0 Å². The van der Waals surface area contributed by atoms with Gasteiger partial charge in [0.25, 0.3) is 0 Å². The fourth-order valence-corrected chi connectivity index (χ4v) is 4.14. The number of hydrogen-bond donors (Lipinski definition) is 2. The van der Waals surface area contributed by atoms with Gasteiger partial charge in [-0.25, -0.2) is 4.79 Å². The third-order valence-corrected chi connectivity index (χ3v) is 5.77. The van der Waals surface area contributed by atoms with E-state index in [1.54, 1.807) is 4.90 Å². The highest BCUT2D eigenvalue weighted by molar-refractivity contribution is 5.74. The summed E-state index contributed by atoms with van der Waals surface area (Å²) < 4.78 is 7.31. The minimum atomic E-state index is -0.373. The van der Waals surface area contributed by atoms with Gasteiger partial charge >= 0.3 is 6.09 Å². The predicted octanol–water partition coefficient (Wildman–Crippen LogP) is 1.66. The Balaban J connectivity index is 1.43. The lowest BCUT2D eigenvalue weighted by Gasteiger charge is -2.22. The van der Waals surface area contributed by atoms with E-state index in [1.807, 2.05) is 10.8 Å². The lowest BCUT2D eigenvalue weighted by atomic mass is 10.1. The number of rotatable bonds is 7. The quantitative estimate of drug-likeness (QED) is 0.687. The SMILES string of the molecule is CC(=O)NCC1CN(C2=CC=C(N3Cc4cn(CCCO)nc4C3)C(C)=CC2)C(=O)O1. The van der Waals surface area contributed by atoms with Crippen molar-refractivity contribution in [2.45, 2.75) is 52.4 Å². The zero-order valence-electron chi connectivity index (χ0n) is 18.0. The van der Waals surface area contributed by atoms with Gasteiger partial charge in [0.05, 0.1) is 25.3 Å². The second kappa shape index (κ2) is 8.97. The summed E-state index contributed by atoms with van der Waals surface area (Å²) in [5.41, 5.74) is 5.45. The molecule has 166 valence electrons. The number of fused-ring (bicyclic) bond motifs is 1. The Hall–Kier alpha value is -3.07. The molecule has 0 bridgehead atoms. The molecule has 9 heteroatoms. The van der Waals surface area contributed by atoms with Gasteiger partial charge in [0.15, 0.2) is 0 Å². The van der Waals surface area contributed by atoms with Crippen LogP contribution in [-0.2, 0) is 29.2 Å². The maximum atomic E-state index is 12.4. The summed E-state index contributed by atoms with van der Waals surface area (Å²) in [5, 5.41) is 16.4. The van der Waals surface area contributed by atoms with Crippen molar-refractivity contribution in [1.82, 2.24) is 24.9 Å². The number of carbonyl (C=O) groups is 2. The van der Waals surface area contributed by atoms with Crippen LogP contribution in [0.4, 0.5) is 4.79 Å². The minimum absolute atomic E-state index is 0.138. The first-order valence-corrected chi connectivity index (χ1v) is 10.7. The molecule has 1 aromatic rings. The zero-order chi connectivity index (χ0) is 22.0. The average molecular weight is 428 g/mol. The number of hydrogen-bond acceptors (Lipinski definition) is 6. The second-order valence-electron chi connectivity index (χ2n) is 8.15. The van der Waals surface area contributed by atoms with Gasteiger partial charge in [-0.05, 0) is 31.1 Å². The number of nitrogens with one attached hydrogen (secondary N) is 1. The number of nitrogens with zero attached hydrogens (tertiary/aromatic N) is 4. The Bertz CT molecular complexity index is 938. The second-order valence-corrected chi connectivity index (χ2v) is 8.15. The minimum Gasteiger partial charge on any atom is -0.442 e. The molecular formula is C22H29N5O4. The number of aryl methyl sites for hydroxylation is 1. The summed E-state index contributed by atoms with van der Waals surface area (Å²) >= 11 is 0. The fraction of sp³-hybridized carbons (Fsp3) is 0.500. The molecule has 4 rings (SSSR count). The monoisotopic (exact) mass is 427 g/mol. The molecule has 31 heavy (non-hydrogen) atoms. The highest BCUT2D eigenvalue weighted by Crippen LogP contribution is 2.31. The average Bonchev–Trinajstić information content (AvgIpc) is 3.36. The van der Waals surface area contributed by atoms with E-state index in [0.717, 1.165) is 42.3 Å². The van der Waals surface area contributed by atoms with Gasteiger partial charge in [-0.1, -0.05) is 6.08 Å². The molecule has 0 saturated carbocycles. The molecule has 3 heterocycles. The Labute approximate surface area is 181 Å². The highest BCUT2D eigenvalue weighted by Gasteiger charge is 2.33. The van der Waals surface area contributed by atoms with Gasteiger partial charge in [0, 0.05) is 56.2 Å². The third-order valence-electron chi connectivity index (χ3n) is 5.77. The van der Waals surface area contributed by atoms with Crippen LogP contribution in [0.5, 0.6) is 0 Å². The topological polar surface area (TPSA) is 99.9 Å². The largest absolute Gasteiger partial charge is 0.442 e. The summed E-state index contributed by atoms with van der Waals surface area (Å²) in [7, 11) is 0. The summed E-state index contributed by atoms with van der Waals surface area (Å²) in [4.78, 5) is 27.4. The van der Waals surface area contributed by atoms with Crippen molar-refractivity contribution in [2.24, 2.45) is 0 Å². The third kappa shape index (κ3) is 4.66. The first kappa shape index (κ1) is 21.2. The van der Waals surface area contributed by atoms with Gasteiger partial charge in [-0.15, -0.1) is 0 Å². The van der Waals surface area contributed by atoms with Crippen molar-refractivity contribution in [2.75, 3.05) is 19.7 Å². The van der Waals surface area contributed by atoms with Crippen LogP contribution in [0.1, 0.15) is 37.9 Å². The molecule has 3 aliphatic rings. The van der Waals surface area contributed by atoms with E-state index in [1.165, 1.54) is 12.5 Å². The molecule has 9 nitrogen and oxygen atoms in total. The molecule has 0 aromatic carbocycles. The van der Waals surface area contributed by atoms with Gasteiger partial charge < -0.3 is 20.1 Å². The molecule has 1 unspecified atom stereocenters. The van der Waals surface area contributed by atoms with Crippen LogP contribution in [0.25, 0.3) is 0 Å². The van der Waals surface area contributed by atoms with Gasteiger partial charge in [-0.2, -0.15) is 5.10 Å². The first-order valence-electron chi connectivity index (χ1n) is 10.7. The van der Waals surface area contributed by atoms with Crippen LogP contribution < -0.4 is 5.32 Å². The van der Waals surface area contributed by atoms with Crippen LogP contribution in [0.2, 0.25) is 0 Å². The summed E-state index contributed by atoms with van der Waals surface area (Å²) in [6.07, 6.45) is 8.88. The number of aliphatic hydroxyl groups is 1. The maximum Gasteiger partial charge on any atom is 0.414 e. The van der Waals surface area contributed by atoms with Crippen molar-refractivity contribution in [3.8, 4) is 0 Å². The molecular weight excluding hydrogens is 398 g/mol. The lowest BCUT2D eigenvalue weighted by Crippen LogP contribution is -2.33. The van der Waals surface area contributed by atoms with E-state index in [0.29, 0.717) is 25.9 Å². The maximum absolute atomic E-state index is 12.4. The van der Waals surface area contributed by atoms with Crippen molar-refractivity contribution in [3.63, 3.8) is 0 Å². The van der Waals surface area contributed by atoms with Crippen molar-refractivity contribution in [3.05, 3.63) is 52.6 Å². The molecule has 1 fully saturated rings. The Morgan fingerprint density at radius 1 is 1.35 bits per heavy atom. The molecule has 0 radical (unpaired) electrons. The van der Waals surface area contributed by atoms with Crippen LogP contribution >= 0.6 is 0 Å². The number of aromatic nitrogens is 2. The molecule has 0 spiro atoms. The molecule has 1 aliphatic carbocycles. The summed E-state index contributed by atoms with van der Waals surface area (Å²) in [5.74, 6) is -0.138. The fourth-order valence-electron chi connectivity index (χ4n) is 4.14. The van der Waals surface area contributed by atoms with Crippen LogP contribution in [0, 0.1) is 0 Å². The van der Waals surface area contributed by atoms with Crippen molar-refractivity contribution in [1.29, 1.82) is 0 Å². The molecule has 2 amide bonds. The highest BCUT2D eigenvalue weighted by atomic mass is 16.6. The van der Waals surface area contributed by atoms with Crippen LogP contribution in [0.3, 0.4) is 0 Å². The number of cyclic esters (lactones) is 1. The number of carbonyl (C=O) groups excluding carboxylic acids is 2. The molecule has 2 N–H and O–H groups in total. The van der Waals surface area contributed by atoms with Gasteiger partial charge in [0.1, 0.15) is 6.10 Å². The Morgan fingerprint density at radius 2 is 2.19 bits per heavy atom. The molecule has 2 aliphatic heterocycles. The number of amides is 2. The van der Waals surface area contributed by atoms with Gasteiger partial charge in [0.2, 0.25) is 5.91 Å². The molecule has 1 saturated heterocycles. The summed E-state index contributed by atoms with van der Waals surface area (Å²) in [6, 6.07) is 0. The predicted molar refractivity (Wildman–Crippen MR) is 113 cm³/mol. The van der Waals surface area contributed by atoms with Gasteiger partial charge in [-0.3, -0.25) is 14.4 Å². The number of aliphatic hydroxyl groups excluding tert-OH is 1. The van der Waals surface area contributed by atoms with E-state index < -0.39 is 0 Å². The first-order chi connectivity index (χ1) is 14.9. The van der Waals surface area contributed by atoms with Crippen molar-refractivity contribution >= 4 is 12.0 Å². The van der Waals surface area contributed by atoms with Crippen molar-refractivity contribution < 1.29 is 19.4 Å². The smallest absolute Gasteiger partial charge is 0.414 e. The van der Waals surface area contributed by atoms with E-state index in [4.69, 9.17) is 9.84 Å². The van der Waals surface area contributed by atoms with E-state index in [2.05, 4.69) is 40.6 Å². The van der Waals surface area contributed by atoms with Crippen LogP contribution in [-0.4, -0.2) is 62.5 Å². The van der Waals surface area contributed by atoms with E-state index in [-0.39, 0.29) is 24.7 Å². The lowest BCUT2D eigenvalue weighted by molar-refractivity contribution is -0.119. The number of ether oxygens (including phenoxy) is 1. The zero-order valence-corrected chi connectivity index (χ0v) is 18.0. The Morgan fingerprint density at radius 3 is 2.94 bits per heavy atom. The molecule has 1 atom stereocenters. The standard InChI is InChI=1S/C22H29N5O4/c1-15-4-5-18(27-13-19(31-22(27)30)10-23-16(2)29)6-7-21(15)25-11-17-12-26(8-3-9-28)24-20(17)14-25/h4,6-7,12,19,28H,3,5,8-11,13-14H2,1-2H3,(H,23,29). The Kier molecular flexibility index (Phi) is 6.13. The number of allylic oxidation sites excluding steroid dienone is 4. The van der Waals surface area contributed by atoms with E-state index in [9.17, 15) is 9.59 Å². The summed E-state index contributed by atoms with van der Waals surface area (Å²) in [6.45, 7) is 6.71. The normalized spacial score (nSPS) is 20.7.